The smallest absolute Gasteiger partial charge is 0.306 e. The molecule has 0 aliphatic carbocycles. The monoisotopic (exact) mass is 607 g/mol. The Hall–Kier alpha value is -3.66. The molecule has 0 amide bonds. The first-order valence-electron chi connectivity index (χ1n) is 13.5. The number of aliphatic carboxylic acids is 1. The van der Waals surface area contributed by atoms with Crippen LogP contribution in [-0.4, -0.2) is 54.1 Å². The molecule has 1 aliphatic rings. The van der Waals surface area contributed by atoms with Crippen LogP contribution >= 0.6 is 23.2 Å². The van der Waals surface area contributed by atoms with Gasteiger partial charge in [0.25, 0.3) is 0 Å². The molecule has 0 radical (unpaired) electrons. The van der Waals surface area contributed by atoms with Crippen LogP contribution in [0.15, 0.2) is 66.7 Å². The van der Waals surface area contributed by atoms with Gasteiger partial charge in [0.1, 0.15) is 12.4 Å². The molecule has 4 aromatic rings. The quantitative estimate of drug-likeness (QED) is 0.179. The van der Waals surface area contributed by atoms with Crippen molar-refractivity contribution in [3.63, 3.8) is 0 Å². The molecule has 0 bridgehead atoms. The zero-order chi connectivity index (χ0) is 29.6. The zero-order valence-corrected chi connectivity index (χ0v) is 24.5. The number of aliphatic hydroxyl groups is 1. The fraction of sp³-hybridized carbons (Fsp3) is 0.250. The average molecular weight is 609 g/mol. The first kappa shape index (κ1) is 29.8. The van der Waals surface area contributed by atoms with Crippen LogP contribution in [0.4, 0.5) is 0 Å². The van der Waals surface area contributed by atoms with Gasteiger partial charge in [-0.3, -0.25) is 4.79 Å². The van der Waals surface area contributed by atoms with E-state index in [-0.39, 0.29) is 13.0 Å². The lowest BCUT2D eigenvalue weighted by atomic mass is 9.96. The van der Waals surface area contributed by atoms with Crippen molar-refractivity contribution >= 4 is 29.2 Å². The van der Waals surface area contributed by atoms with Crippen molar-refractivity contribution in [3.05, 3.63) is 87.9 Å². The summed E-state index contributed by atoms with van der Waals surface area (Å²) in [4.78, 5) is 15.5. The Morgan fingerprint density at radius 3 is 2.50 bits per heavy atom. The lowest BCUT2D eigenvalue weighted by Crippen LogP contribution is -2.28. The van der Waals surface area contributed by atoms with Crippen LogP contribution in [0, 0.1) is 0 Å². The fourth-order valence-corrected chi connectivity index (χ4v) is 5.60. The van der Waals surface area contributed by atoms with E-state index in [0.717, 1.165) is 57.8 Å². The zero-order valence-electron chi connectivity index (χ0n) is 23.0. The first-order valence-corrected chi connectivity index (χ1v) is 14.3. The summed E-state index contributed by atoms with van der Waals surface area (Å²) < 4.78 is 11.5. The molecule has 5 rings (SSSR count). The highest BCUT2D eigenvalue weighted by Crippen LogP contribution is 2.43. The minimum Gasteiger partial charge on any atom is -0.492 e. The highest BCUT2D eigenvalue weighted by atomic mass is 35.5. The van der Waals surface area contributed by atoms with E-state index in [4.69, 9.17) is 37.8 Å². The molecule has 0 saturated carbocycles. The minimum atomic E-state index is -1.05. The predicted molar refractivity (Wildman–Crippen MR) is 164 cm³/mol. The number of fused-ring (bicyclic) bond motifs is 1. The highest BCUT2D eigenvalue weighted by Gasteiger charge is 2.18. The third kappa shape index (κ3) is 6.69. The van der Waals surface area contributed by atoms with Crippen LogP contribution in [0.25, 0.3) is 33.5 Å². The van der Waals surface area contributed by atoms with E-state index in [1.165, 1.54) is 7.11 Å². The number of hydrogen-bond acceptors (Lipinski definition) is 7. The summed E-state index contributed by atoms with van der Waals surface area (Å²) >= 11 is 14.0. The summed E-state index contributed by atoms with van der Waals surface area (Å²) in [5.41, 5.74) is 6.62. The number of carboxylic acid groups (broad SMARTS) is 1. The Morgan fingerprint density at radius 2 is 1.76 bits per heavy atom. The number of carboxylic acids is 1. The number of pyridine rings is 1. The topological polar surface area (TPSA) is 113 Å². The molecule has 1 aromatic heterocycles. The molecule has 218 valence electrons. The number of aliphatic hydroxyl groups excluding tert-OH is 1. The Labute approximate surface area is 254 Å². The van der Waals surface area contributed by atoms with E-state index < -0.39 is 12.1 Å². The van der Waals surface area contributed by atoms with Gasteiger partial charge in [-0.2, -0.15) is 0 Å². The maximum absolute atomic E-state index is 10.8. The van der Waals surface area contributed by atoms with Crippen molar-refractivity contribution in [2.45, 2.75) is 25.6 Å². The Morgan fingerprint density at radius 1 is 1.05 bits per heavy atom. The van der Waals surface area contributed by atoms with Crippen molar-refractivity contribution < 1.29 is 24.5 Å². The molecule has 10 heteroatoms. The molecule has 1 aliphatic heterocycles. The summed E-state index contributed by atoms with van der Waals surface area (Å²) in [5, 5.41) is 26.1. The number of methoxy groups -OCH3 is 1. The molecule has 2 heterocycles. The Bertz CT molecular complexity index is 1600. The molecule has 1 atom stereocenters. The summed E-state index contributed by atoms with van der Waals surface area (Å²) in [6.45, 7) is 2.64. The van der Waals surface area contributed by atoms with E-state index in [1.807, 2.05) is 54.6 Å². The minimum absolute atomic E-state index is 0.126. The highest BCUT2D eigenvalue weighted by molar-refractivity contribution is 6.39. The normalized spacial score (nSPS) is 13.5. The molecule has 8 nitrogen and oxygen atoms in total. The van der Waals surface area contributed by atoms with E-state index in [0.29, 0.717) is 34.8 Å². The van der Waals surface area contributed by atoms with Gasteiger partial charge in [0.05, 0.1) is 35.4 Å². The van der Waals surface area contributed by atoms with Gasteiger partial charge in [-0.25, -0.2) is 4.98 Å². The number of benzene rings is 3. The summed E-state index contributed by atoms with van der Waals surface area (Å²) in [7, 11) is 1.53. The lowest BCUT2D eigenvalue weighted by Gasteiger charge is -2.16. The molecule has 42 heavy (non-hydrogen) atoms. The molecule has 4 N–H and O–H groups in total. The number of carbonyl (C=O) groups is 1. The van der Waals surface area contributed by atoms with Gasteiger partial charge < -0.3 is 30.3 Å². The van der Waals surface area contributed by atoms with Crippen molar-refractivity contribution in [3.8, 4) is 45.1 Å². The lowest BCUT2D eigenvalue weighted by molar-refractivity contribution is -0.139. The van der Waals surface area contributed by atoms with E-state index in [1.54, 1.807) is 0 Å². The van der Waals surface area contributed by atoms with E-state index in [2.05, 4.69) is 27.8 Å². The molecular weight excluding hydrogens is 577 g/mol. The van der Waals surface area contributed by atoms with Crippen LogP contribution in [0.1, 0.15) is 17.5 Å². The molecule has 3 aromatic carbocycles. The number of rotatable bonds is 10. The predicted octanol–water partition coefficient (Wildman–Crippen LogP) is 5.81. The second-order valence-corrected chi connectivity index (χ2v) is 10.7. The molecule has 0 saturated heterocycles. The van der Waals surface area contributed by atoms with E-state index in [9.17, 15) is 9.90 Å². The van der Waals surface area contributed by atoms with Crippen molar-refractivity contribution in [2.75, 3.05) is 26.8 Å². The molecule has 0 spiro atoms. The fourth-order valence-electron chi connectivity index (χ4n) is 4.94. The number of halogens is 2. The van der Waals surface area contributed by atoms with Gasteiger partial charge in [0, 0.05) is 59.6 Å². The van der Waals surface area contributed by atoms with Crippen molar-refractivity contribution in [2.24, 2.45) is 0 Å². The van der Waals surface area contributed by atoms with Crippen LogP contribution in [0.5, 0.6) is 11.6 Å². The average Bonchev–Trinajstić information content (AvgIpc) is 3.22. The van der Waals surface area contributed by atoms with Crippen molar-refractivity contribution in [1.82, 2.24) is 15.6 Å². The van der Waals surface area contributed by atoms with Gasteiger partial charge in [-0.1, -0.05) is 77.8 Å². The van der Waals surface area contributed by atoms with Gasteiger partial charge in [0.15, 0.2) is 0 Å². The largest absolute Gasteiger partial charge is 0.492 e. The number of hydrogen-bond donors (Lipinski definition) is 4. The molecular formula is C32H31Cl2N3O5. The van der Waals surface area contributed by atoms with Gasteiger partial charge >= 0.3 is 5.97 Å². The van der Waals surface area contributed by atoms with Crippen LogP contribution < -0.4 is 20.1 Å². The standard InChI is InChI=1S/C32H31Cl2N3O5/c1-41-32-21(17-36-18-22(38)15-29(39)40)10-11-27(37-32)26-7-3-6-25(31(26)34)24-5-2-4-23(30(24)33)19-8-9-20-16-35-12-13-42-28(20)14-19/h2-11,14,22,35-36,38H,12-13,15-18H2,1H3,(H,39,40)/t22-/m0/s1. The molecule has 0 fully saturated rings. The van der Waals surface area contributed by atoms with Gasteiger partial charge in [-0.15, -0.1) is 0 Å². The summed E-state index contributed by atoms with van der Waals surface area (Å²) in [6, 6.07) is 21.5. The first-order chi connectivity index (χ1) is 20.4. The van der Waals surface area contributed by atoms with E-state index >= 15 is 0 Å². The number of ether oxygens (including phenoxy) is 2. The third-order valence-electron chi connectivity index (χ3n) is 7.03. The van der Waals surface area contributed by atoms with Crippen LogP contribution in [0.2, 0.25) is 10.0 Å². The Balaban J connectivity index is 1.42. The molecule has 0 unspecified atom stereocenters. The van der Waals surface area contributed by atoms with Crippen molar-refractivity contribution in [1.29, 1.82) is 0 Å². The third-order valence-corrected chi connectivity index (χ3v) is 7.85. The van der Waals surface area contributed by atoms with Gasteiger partial charge in [0.2, 0.25) is 5.88 Å². The van der Waals surface area contributed by atoms with Gasteiger partial charge in [-0.05, 0) is 17.7 Å². The summed E-state index contributed by atoms with van der Waals surface area (Å²) in [5.74, 6) is 0.199. The Kier molecular flexibility index (Phi) is 9.62. The maximum atomic E-state index is 10.8. The summed E-state index contributed by atoms with van der Waals surface area (Å²) in [6.07, 6.45) is -1.32. The maximum Gasteiger partial charge on any atom is 0.306 e. The van der Waals surface area contributed by atoms with Crippen LogP contribution in [0.3, 0.4) is 0 Å². The number of aromatic nitrogens is 1. The second kappa shape index (κ2) is 13.5. The van der Waals surface area contributed by atoms with Crippen LogP contribution in [-0.2, 0) is 17.9 Å². The number of nitrogens with one attached hydrogen (secondary N) is 2. The second-order valence-electron chi connectivity index (χ2n) is 9.93. The SMILES string of the molecule is COc1nc(-c2cccc(-c3cccc(-c4ccc5c(c4)OCCNC5)c3Cl)c2Cl)ccc1CNC[C@@H](O)CC(=O)O. The number of nitrogens with zero attached hydrogens (tertiary/aromatic N) is 1.